The number of esters is 1. The van der Waals surface area contributed by atoms with Gasteiger partial charge in [0.1, 0.15) is 34.8 Å². The minimum Gasteiger partial charge on any atom is -0.507 e. The number of aliphatic hydroxyl groups is 1. The third-order valence-electron chi connectivity index (χ3n) is 7.49. The molecule has 2 atom stereocenters. The topological polar surface area (TPSA) is 115 Å². The number of Topliss-reactive ketones (excluding diaryl/α,β-unsaturated/α-hetero) is 1. The number of hydrogen-bond acceptors (Lipinski definition) is 9. The first-order valence-corrected chi connectivity index (χ1v) is 15.1. The number of aryl methyl sites for hydroxylation is 1. The Morgan fingerprint density at radius 1 is 1.09 bits per heavy atom. The van der Waals surface area contributed by atoms with E-state index in [1.807, 2.05) is 37.3 Å². The van der Waals surface area contributed by atoms with Crippen molar-refractivity contribution in [3.63, 3.8) is 0 Å². The lowest BCUT2D eigenvalue weighted by molar-refractivity contribution is -0.132. The Hall–Kier alpha value is -4.96. The van der Waals surface area contributed by atoms with Crippen LogP contribution in [0.15, 0.2) is 78.4 Å². The van der Waals surface area contributed by atoms with Crippen LogP contribution in [-0.4, -0.2) is 40.5 Å². The Kier molecular flexibility index (Phi) is 7.92. The molecule has 0 bridgehead atoms. The highest BCUT2D eigenvalue weighted by molar-refractivity contribution is 7.17. The summed E-state index contributed by atoms with van der Waals surface area (Å²) < 4.78 is 17.0. The van der Waals surface area contributed by atoms with Crippen LogP contribution in [0.4, 0.5) is 5.13 Å². The minimum atomic E-state index is -1.04. The molecule has 1 fully saturated rings. The normalized spacial score (nSPS) is 18.7. The van der Waals surface area contributed by atoms with Gasteiger partial charge in [0.05, 0.1) is 23.9 Å². The molecule has 2 unspecified atom stereocenters. The van der Waals surface area contributed by atoms with Crippen molar-refractivity contribution in [3.05, 3.63) is 111 Å². The second-order valence-electron chi connectivity index (χ2n) is 10.6. The molecule has 0 aliphatic carbocycles. The van der Waals surface area contributed by atoms with Gasteiger partial charge in [0.2, 0.25) is 0 Å². The summed E-state index contributed by atoms with van der Waals surface area (Å²) in [5, 5.41) is 11.8. The largest absolute Gasteiger partial charge is 0.507 e. The molecule has 0 saturated carbocycles. The molecule has 1 aromatic heterocycles. The van der Waals surface area contributed by atoms with E-state index in [0.29, 0.717) is 35.6 Å². The van der Waals surface area contributed by atoms with Crippen LogP contribution in [0.3, 0.4) is 0 Å². The fourth-order valence-electron chi connectivity index (χ4n) is 5.46. The molecular weight excluding hydrogens is 580 g/mol. The molecule has 1 saturated heterocycles. The lowest BCUT2D eigenvalue weighted by atomic mass is 9.94. The van der Waals surface area contributed by atoms with Crippen molar-refractivity contribution in [1.29, 1.82) is 0 Å². The highest BCUT2D eigenvalue weighted by Gasteiger charge is 2.48. The second-order valence-corrected chi connectivity index (χ2v) is 11.6. The molecule has 224 valence electrons. The van der Waals surface area contributed by atoms with Crippen LogP contribution in [0.1, 0.15) is 57.5 Å². The Morgan fingerprint density at radius 3 is 2.66 bits per heavy atom. The SMILES string of the molecule is CCOC(=O)c1sc(N2C(=O)C(=O)C(=C(O)c3ccc4c(c3)CC(C)O4)C2c2cccc(OCc3ccccc3)c2)nc1C. The number of aliphatic hydroxyl groups excluding tert-OH is 1. The van der Waals surface area contributed by atoms with Gasteiger partial charge in [0.25, 0.3) is 5.78 Å². The van der Waals surface area contributed by atoms with Gasteiger partial charge in [-0.3, -0.25) is 14.5 Å². The Balaban J connectivity index is 1.45. The molecule has 0 spiro atoms. The van der Waals surface area contributed by atoms with Crippen LogP contribution >= 0.6 is 11.3 Å². The summed E-state index contributed by atoms with van der Waals surface area (Å²) in [5.41, 5.74) is 3.08. The molecular formula is C34H30N2O7S. The molecule has 44 heavy (non-hydrogen) atoms. The van der Waals surface area contributed by atoms with Gasteiger partial charge in [-0.15, -0.1) is 0 Å². The first-order chi connectivity index (χ1) is 21.2. The highest BCUT2D eigenvalue weighted by Crippen LogP contribution is 2.45. The van der Waals surface area contributed by atoms with Gasteiger partial charge in [-0.05, 0) is 67.8 Å². The molecule has 1 N–H and O–H groups in total. The van der Waals surface area contributed by atoms with E-state index in [2.05, 4.69) is 4.98 Å². The molecule has 10 heteroatoms. The summed E-state index contributed by atoms with van der Waals surface area (Å²) in [7, 11) is 0. The number of benzene rings is 3. The quantitative estimate of drug-likeness (QED) is 0.109. The van der Waals surface area contributed by atoms with Crippen LogP contribution < -0.4 is 14.4 Å². The molecule has 6 rings (SSSR count). The summed E-state index contributed by atoms with van der Waals surface area (Å²) in [5.74, 6) is -1.36. The fourth-order valence-corrected chi connectivity index (χ4v) is 6.44. The number of hydrogen-bond donors (Lipinski definition) is 1. The van der Waals surface area contributed by atoms with Crippen LogP contribution in [0.2, 0.25) is 0 Å². The zero-order valence-electron chi connectivity index (χ0n) is 24.4. The maximum Gasteiger partial charge on any atom is 0.350 e. The minimum absolute atomic E-state index is 0.00617. The van der Waals surface area contributed by atoms with Gasteiger partial charge in [0.15, 0.2) is 5.13 Å². The lowest BCUT2D eigenvalue weighted by Gasteiger charge is -2.23. The van der Waals surface area contributed by atoms with Gasteiger partial charge in [0, 0.05) is 12.0 Å². The van der Waals surface area contributed by atoms with Crippen LogP contribution in [-0.2, 0) is 27.4 Å². The van der Waals surface area contributed by atoms with Crippen molar-refractivity contribution in [2.24, 2.45) is 0 Å². The summed E-state index contributed by atoms with van der Waals surface area (Å²) in [6.07, 6.45) is 0.651. The lowest BCUT2D eigenvalue weighted by Crippen LogP contribution is -2.29. The smallest absolute Gasteiger partial charge is 0.350 e. The van der Waals surface area contributed by atoms with Crippen molar-refractivity contribution >= 4 is 39.9 Å². The third-order valence-corrected chi connectivity index (χ3v) is 8.63. The van der Waals surface area contributed by atoms with Crippen molar-refractivity contribution < 1.29 is 33.7 Å². The van der Waals surface area contributed by atoms with E-state index in [4.69, 9.17) is 14.2 Å². The van der Waals surface area contributed by atoms with Crippen molar-refractivity contribution in [2.75, 3.05) is 11.5 Å². The van der Waals surface area contributed by atoms with Gasteiger partial charge in [-0.1, -0.05) is 53.8 Å². The average molecular weight is 611 g/mol. The number of thiazole rings is 1. The number of rotatable bonds is 8. The third kappa shape index (κ3) is 5.44. The second kappa shape index (κ2) is 12.0. The van der Waals surface area contributed by atoms with Gasteiger partial charge >= 0.3 is 11.9 Å². The molecule has 1 amide bonds. The van der Waals surface area contributed by atoms with E-state index in [0.717, 1.165) is 28.2 Å². The average Bonchev–Trinajstić information content (AvgIpc) is 3.68. The molecule has 0 radical (unpaired) electrons. The molecule has 2 aliphatic rings. The van der Waals surface area contributed by atoms with E-state index in [1.54, 1.807) is 56.3 Å². The van der Waals surface area contributed by atoms with Crippen molar-refractivity contribution in [2.45, 2.75) is 45.9 Å². The summed E-state index contributed by atoms with van der Waals surface area (Å²) in [6.45, 7) is 5.79. The van der Waals surface area contributed by atoms with E-state index >= 15 is 0 Å². The predicted octanol–water partition coefficient (Wildman–Crippen LogP) is 6.16. The maximum atomic E-state index is 13.7. The van der Waals surface area contributed by atoms with Crippen LogP contribution in [0.25, 0.3) is 5.76 Å². The first kappa shape index (κ1) is 29.1. The number of ether oxygens (including phenoxy) is 3. The number of carbonyl (C=O) groups is 3. The molecule has 4 aromatic rings. The summed E-state index contributed by atoms with van der Waals surface area (Å²) >= 11 is 0.962. The van der Waals surface area contributed by atoms with Gasteiger partial charge < -0.3 is 19.3 Å². The van der Waals surface area contributed by atoms with E-state index < -0.39 is 23.7 Å². The predicted molar refractivity (Wildman–Crippen MR) is 165 cm³/mol. The van der Waals surface area contributed by atoms with Crippen LogP contribution in [0.5, 0.6) is 11.5 Å². The van der Waals surface area contributed by atoms with Gasteiger partial charge in [-0.25, -0.2) is 9.78 Å². The van der Waals surface area contributed by atoms with Gasteiger partial charge in [-0.2, -0.15) is 0 Å². The Bertz CT molecular complexity index is 1800. The molecule has 9 nitrogen and oxygen atoms in total. The van der Waals surface area contributed by atoms with E-state index in [1.165, 1.54) is 4.90 Å². The van der Waals surface area contributed by atoms with E-state index in [-0.39, 0.29) is 34.1 Å². The molecule has 3 heterocycles. The fraction of sp³-hybridized carbons (Fsp3) is 0.235. The van der Waals surface area contributed by atoms with Crippen molar-refractivity contribution in [3.8, 4) is 11.5 Å². The number of fused-ring (bicyclic) bond motifs is 1. The standard InChI is InChI=1S/C34H30N2O7S/c1-4-41-33(40)31-20(3)35-34(44-31)36-28(22-11-8-12-25(17-22)42-18-21-9-6-5-7-10-21)27(30(38)32(36)39)29(37)23-13-14-26-24(16-23)15-19(2)43-26/h5-14,16-17,19,28,37H,4,15,18H2,1-3H3. The number of nitrogens with zero attached hydrogens (tertiary/aromatic N) is 2. The summed E-state index contributed by atoms with van der Waals surface area (Å²) in [4.78, 5) is 46.0. The van der Waals surface area contributed by atoms with Crippen LogP contribution in [0, 0.1) is 6.92 Å². The monoisotopic (exact) mass is 610 g/mol. The highest BCUT2D eigenvalue weighted by atomic mass is 32.1. The number of amides is 1. The number of aromatic nitrogens is 1. The van der Waals surface area contributed by atoms with E-state index in [9.17, 15) is 19.5 Å². The molecule has 3 aromatic carbocycles. The maximum absolute atomic E-state index is 13.7. The molecule has 2 aliphatic heterocycles. The number of carbonyl (C=O) groups excluding carboxylic acids is 3. The number of anilines is 1. The summed E-state index contributed by atoms with van der Waals surface area (Å²) in [6, 6.07) is 20.9. The zero-order chi connectivity index (χ0) is 31.0. The van der Waals surface area contributed by atoms with Crippen molar-refractivity contribution in [1.82, 2.24) is 4.98 Å². The Morgan fingerprint density at radius 2 is 1.89 bits per heavy atom. The zero-order valence-corrected chi connectivity index (χ0v) is 25.2. The first-order valence-electron chi connectivity index (χ1n) is 14.3. The Labute approximate surface area is 258 Å². The number of ketones is 1.